The van der Waals surface area contributed by atoms with Gasteiger partial charge in [0.05, 0.1) is 27.8 Å². The van der Waals surface area contributed by atoms with Crippen molar-refractivity contribution in [1.29, 1.82) is 0 Å². The maximum absolute atomic E-state index is 2.51. The van der Waals surface area contributed by atoms with E-state index in [1.807, 2.05) is 0 Å². The van der Waals surface area contributed by atoms with Crippen molar-refractivity contribution in [2.24, 2.45) is 0 Å². The Morgan fingerprint density at radius 1 is 0.267 bits per heavy atom. The molecular weight excluding hydrogens is 905 g/mol. The van der Waals surface area contributed by atoms with Crippen LogP contribution in [0.15, 0.2) is 291 Å². The van der Waals surface area contributed by atoms with Crippen molar-refractivity contribution in [3.63, 3.8) is 0 Å². The predicted octanol–water partition coefficient (Wildman–Crippen LogP) is 19.3. The standard InChI is InChI=1S/C73H48N2/c1-3-22-49(23-4-1)54-26-7-8-33-62(54)72-56(50-24-5-2-6-25-50)34-21-41-71(72)74(52-44-42-51(43-45-52)55-27-12-18-38-68(55)75-69-39-19-13-31-60(69)61-32-14-20-40-70(61)75)53-46-47-67-63(48-53)59-30-11-17-37-66(59)73(67)64-35-15-9-28-57(64)58-29-10-16-36-65(58)73/h1-48H. The molecule has 0 saturated carbocycles. The van der Waals surface area contributed by atoms with Crippen molar-refractivity contribution in [3.05, 3.63) is 313 Å². The van der Waals surface area contributed by atoms with Crippen LogP contribution in [-0.4, -0.2) is 4.57 Å². The van der Waals surface area contributed by atoms with Gasteiger partial charge >= 0.3 is 0 Å². The number of aromatic nitrogens is 1. The molecule has 350 valence electrons. The first-order valence-electron chi connectivity index (χ1n) is 26.0. The highest BCUT2D eigenvalue weighted by molar-refractivity contribution is 6.10. The molecule has 0 fully saturated rings. The van der Waals surface area contributed by atoms with E-state index in [1.54, 1.807) is 0 Å². The molecule has 12 aromatic carbocycles. The molecule has 0 radical (unpaired) electrons. The van der Waals surface area contributed by atoms with Gasteiger partial charge in [-0.3, -0.25) is 0 Å². The number of hydrogen-bond acceptors (Lipinski definition) is 1. The summed E-state index contributed by atoms with van der Waals surface area (Å²) < 4.78 is 2.43. The maximum Gasteiger partial charge on any atom is 0.0725 e. The molecule has 13 aromatic rings. The minimum absolute atomic E-state index is 0.444. The average Bonchev–Trinajstić information content (AvgIpc) is 4.10. The summed E-state index contributed by atoms with van der Waals surface area (Å²) in [4.78, 5) is 2.51. The Bertz CT molecular complexity index is 4250. The largest absolute Gasteiger partial charge is 0.310 e. The van der Waals surface area contributed by atoms with Gasteiger partial charge in [0.2, 0.25) is 0 Å². The summed E-state index contributed by atoms with van der Waals surface area (Å²) in [5.74, 6) is 0. The van der Waals surface area contributed by atoms with Crippen LogP contribution in [0.5, 0.6) is 0 Å². The van der Waals surface area contributed by atoms with Crippen LogP contribution in [0.3, 0.4) is 0 Å². The molecule has 15 rings (SSSR count). The number of nitrogens with zero attached hydrogens (tertiary/aromatic N) is 2. The Hall–Kier alpha value is -9.76. The van der Waals surface area contributed by atoms with E-state index >= 15 is 0 Å². The van der Waals surface area contributed by atoms with Crippen molar-refractivity contribution in [2.75, 3.05) is 4.90 Å². The van der Waals surface area contributed by atoms with Gasteiger partial charge in [-0.15, -0.1) is 0 Å². The van der Waals surface area contributed by atoms with E-state index in [4.69, 9.17) is 0 Å². The molecule has 0 N–H and O–H groups in total. The number of fused-ring (bicyclic) bond motifs is 13. The quantitative estimate of drug-likeness (QED) is 0.147. The first-order valence-corrected chi connectivity index (χ1v) is 26.0. The zero-order chi connectivity index (χ0) is 49.5. The third-order valence-electron chi connectivity index (χ3n) is 16.0. The van der Waals surface area contributed by atoms with Crippen LogP contribution in [0.4, 0.5) is 17.1 Å². The summed E-state index contributed by atoms with van der Waals surface area (Å²) in [5, 5.41) is 2.50. The second-order valence-corrected chi connectivity index (χ2v) is 19.9. The molecule has 2 heteroatoms. The van der Waals surface area contributed by atoms with E-state index in [9.17, 15) is 0 Å². The Morgan fingerprint density at radius 3 is 1.31 bits per heavy atom. The fourth-order valence-electron chi connectivity index (χ4n) is 13.0. The monoisotopic (exact) mass is 952 g/mol. The second-order valence-electron chi connectivity index (χ2n) is 19.9. The molecular formula is C73H48N2. The molecule has 75 heavy (non-hydrogen) atoms. The first-order chi connectivity index (χ1) is 37.3. The summed E-state index contributed by atoms with van der Waals surface area (Å²) in [7, 11) is 0. The van der Waals surface area contributed by atoms with E-state index in [0.717, 1.165) is 33.9 Å². The van der Waals surface area contributed by atoms with E-state index < -0.39 is 5.41 Å². The number of para-hydroxylation sites is 3. The smallest absolute Gasteiger partial charge is 0.0725 e. The lowest BCUT2D eigenvalue weighted by atomic mass is 9.70. The van der Waals surface area contributed by atoms with E-state index in [1.165, 1.54) is 99.7 Å². The van der Waals surface area contributed by atoms with E-state index in [0.29, 0.717) is 0 Å². The maximum atomic E-state index is 2.51. The summed E-state index contributed by atoms with van der Waals surface area (Å²) in [6.45, 7) is 0. The van der Waals surface area contributed by atoms with Gasteiger partial charge in [0.25, 0.3) is 0 Å². The lowest BCUT2D eigenvalue weighted by Crippen LogP contribution is -2.25. The molecule has 2 aliphatic carbocycles. The molecule has 0 bridgehead atoms. The number of rotatable bonds is 8. The third-order valence-corrected chi connectivity index (χ3v) is 16.0. The molecule has 0 aliphatic heterocycles. The first kappa shape index (κ1) is 42.9. The average molecular weight is 953 g/mol. The molecule has 2 aliphatic rings. The molecule has 1 heterocycles. The Morgan fingerprint density at radius 2 is 0.693 bits per heavy atom. The lowest BCUT2D eigenvalue weighted by molar-refractivity contribution is 0.794. The van der Waals surface area contributed by atoms with Gasteiger partial charge in [-0.2, -0.15) is 0 Å². The Kier molecular flexibility index (Phi) is 9.83. The van der Waals surface area contributed by atoms with E-state index in [2.05, 4.69) is 301 Å². The van der Waals surface area contributed by atoms with Crippen molar-refractivity contribution in [3.8, 4) is 72.4 Å². The van der Waals surface area contributed by atoms with Gasteiger partial charge in [0.1, 0.15) is 0 Å². The van der Waals surface area contributed by atoms with Gasteiger partial charge in [-0.05, 0) is 126 Å². The van der Waals surface area contributed by atoms with Gasteiger partial charge in [0.15, 0.2) is 0 Å². The zero-order valence-corrected chi connectivity index (χ0v) is 41.1. The number of anilines is 3. The minimum atomic E-state index is -0.444. The Balaban J connectivity index is 0.975. The molecule has 0 amide bonds. The highest BCUT2D eigenvalue weighted by atomic mass is 15.1. The van der Waals surface area contributed by atoms with Crippen LogP contribution in [0.1, 0.15) is 22.3 Å². The van der Waals surface area contributed by atoms with Crippen LogP contribution in [0, 0.1) is 0 Å². The van der Waals surface area contributed by atoms with Crippen LogP contribution in [0.2, 0.25) is 0 Å². The molecule has 1 aromatic heterocycles. The lowest BCUT2D eigenvalue weighted by Gasteiger charge is -2.32. The van der Waals surface area contributed by atoms with Gasteiger partial charge < -0.3 is 9.47 Å². The van der Waals surface area contributed by atoms with Crippen LogP contribution in [-0.2, 0) is 5.41 Å². The molecule has 0 saturated heterocycles. The van der Waals surface area contributed by atoms with Crippen LogP contribution in [0.25, 0.3) is 94.3 Å². The predicted molar refractivity (Wildman–Crippen MR) is 314 cm³/mol. The van der Waals surface area contributed by atoms with Crippen LogP contribution < -0.4 is 4.90 Å². The van der Waals surface area contributed by atoms with Crippen molar-refractivity contribution in [2.45, 2.75) is 5.41 Å². The molecule has 0 unspecified atom stereocenters. The second kappa shape index (κ2) is 17.2. The fourth-order valence-corrected chi connectivity index (χ4v) is 13.0. The normalized spacial score (nSPS) is 12.6. The summed E-state index contributed by atoms with van der Waals surface area (Å²) in [6.07, 6.45) is 0. The Labute approximate surface area is 437 Å². The number of hydrogen-bond donors (Lipinski definition) is 0. The SMILES string of the molecule is c1ccc(-c2ccccc2-c2c(-c3ccccc3)cccc2N(c2ccc(-c3ccccc3-n3c4ccccc4c4ccccc43)cc2)c2ccc3c(c2)-c2ccccc2C32c3ccccc3-c3ccccc32)cc1. The highest BCUT2D eigenvalue weighted by Crippen LogP contribution is 2.63. The van der Waals surface area contributed by atoms with Crippen molar-refractivity contribution >= 4 is 38.9 Å². The topological polar surface area (TPSA) is 8.17 Å². The zero-order valence-electron chi connectivity index (χ0n) is 41.1. The molecule has 0 atom stereocenters. The summed E-state index contributed by atoms with van der Waals surface area (Å²) in [6, 6.07) is 108. The minimum Gasteiger partial charge on any atom is -0.310 e. The summed E-state index contributed by atoms with van der Waals surface area (Å²) in [5.41, 5.74) is 26.1. The number of benzene rings is 12. The van der Waals surface area contributed by atoms with Crippen molar-refractivity contribution < 1.29 is 0 Å². The third kappa shape index (κ3) is 6.46. The highest BCUT2D eigenvalue weighted by Gasteiger charge is 2.51. The molecule has 2 nitrogen and oxygen atoms in total. The summed E-state index contributed by atoms with van der Waals surface area (Å²) >= 11 is 0. The van der Waals surface area contributed by atoms with Gasteiger partial charge in [0, 0.05) is 33.3 Å². The fraction of sp³-hybridized carbons (Fsp3) is 0.0137. The molecule has 1 spiro atoms. The van der Waals surface area contributed by atoms with E-state index in [-0.39, 0.29) is 0 Å². The van der Waals surface area contributed by atoms with Gasteiger partial charge in [-0.1, -0.05) is 243 Å². The van der Waals surface area contributed by atoms with Crippen molar-refractivity contribution in [1.82, 2.24) is 4.57 Å². The van der Waals surface area contributed by atoms with Gasteiger partial charge in [-0.25, -0.2) is 0 Å². The van der Waals surface area contributed by atoms with Crippen LogP contribution >= 0.6 is 0 Å².